The first-order valence-electron chi connectivity index (χ1n) is 8.49. The monoisotopic (exact) mass is 362 g/mol. The van der Waals surface area contributed by atoms with E-state index in [0.29, 0.717) is 0 Å². The van der Waals surface area contributed by atoms with E-state index in [0.717, 1.165) is 36.7 Å². The fourth-order valence-electron chi connectivity index (χ4n) is 3.29. The molecule has 6 nitrogen and oxygen atoms in total. The smallest absolute Gasteiger partial charge is 0.0951 e. The molecule has 3 rings (SSSR count). The van der Waals surface area contributed by atoms with Crippen molar-refractivity contribution in [1.82, 2.24) is 29.1 Å². The lowest BCUT2D eigenvalue weighted by molar-refractivity contribution is 0.523. The molecule has 3 aromatic heterocycles. The molecule has 0 saturated carbocycles. The van der Waals surface area contributed by atoms with E-state index in [1.54, 1.807) is 0 Å². The quantitative estimate of drug-likeness (QED) is 0.696. The Morgan fingerprint density at radius 2 is 1.56 bits per heavy atom. The number of halogens is 1. The van der Waals surface area contributed by atoms with Crippen molar-refractivity contribution in [2.24, 2.45) is 0 Å². The van der Waals surface area contributed by atoms with Crippen LogP contribution in [0.3, 0.4) is 0 Å². The Labute approximate surface area is 155 Å². The zero-order valence-electron chi connectivity index (χ0n) is 15.9. The SMILES string of the molecule is CCn1nc(C)c(-c2cncn2CCn2nc(C)c(C)c2C)c1C.Cl. The van der Waals surface area contributed by atoms with Gasteiger partial charge in [-0.25, -0.2) is 4.98 Å². The van der Waals surface area contributed by atoms with Crippen molar-refractivity contribution in [1.29, 1.82) is 0 Å². The second-order valence-electron chi connectivity index (χ2n) is 6.35. The number of aryl methyl sites for hydroxylation is 5. The first kappa shape index (κ1) is 19.2. The van der Waals surface area contributed by atoms with Gasteiger partial charge in [0, 0.05) is 30.0 Å². The van der Waals surface area contributed by atoms with Gasteiger partial charge in [0.1, 0.15) is 0 Å². The van der Waals surface area contributed by atoms with Gasteiger partial charge in [-0.3, -0.25) is 9.36 Å². The van der Waals surface area contributed by atoms with Crippen LogP contribution in [0.2, 0.25) is 0 Å². The van der Waals surface area contributed by atoms with Gasteiger partial charge in [-0.05, 0) is 47.1 Å². The minimum atomic E-state index is 0. The molecule has 7 heteroatoms. The number of aromatic nitrogens is 6. The van der Waals surface area contributed by atoms with Crippen molar-refractivity contribution in [3.8, 4) is 11.3 Å². The van der Waals surface area contributed by atoms with Crippen LogP contribution in [0.4, 0.5) is 0 Å². The van der Waals surface area contributed by atoms with Crippen LogP contribution in [0.5, 0.6) is 0 Å². The first-order valence-corrected chi connectivity index (χ1v) is 8.49. The van der Waals surface area contributed by atoms with Crippen molar-refractivity contribution in [3.05, 3.63) is 40.9 Å². The molecule has 0 radical (unpaired) electrons. The Morgan fingerprint density at radius 1 is 0.880 bits per heavy atom. The maximum absolute atomic E-state index is 4.63. The van der Waals surface area contributed by atoms with Crippen molar-refractivity contribution < 1.29 is 0 Å². The van der Waals surface area contributed by atoms with Gasteiger partial charge in [0.2, 0.25) is 0 Å². The average Bonchev–Trinajstić information content (AvgIpc) is 3.19. The molecule has 136 valence electrons. The molecule has 3 aromatic rings. The molecular weight excluding hydrogens is 336 g/mol. The summed E-state index contributed by atoms with van der Waals surface area (Å²) in [5, 5.41) is 9.26. The molecule has 0 unspecified atom stereocenters. The molecule has 0 aliphatic carbocycles. The highest BCUT2D eigenvalue weighted by atomic mass is 35.5. The summed E-state index contributed by atoms with van der Waals surface area (Å²) in [6.07, 6.45) is 3.83. The third-order valence-corrected chi connectivity index (χ3v) is 4.95. The molecule has 0 aliphatic heterocycles. The van der Waals surface area contributed by atoms with E-state index in [1.165, 1.54) is 22.5 Å². The Balaban J connectivity index is 0.00000225. The summed E-state index contributed by atoms with van der Waals surface area (Å²) < 4.78 is 6.33. The highest BCUT2D eigenvalue weighted by molar-refractivity contribution is 5.85. The van der Waals surface area contributed by atoms with E-state index < -0.39 is 0 Å². The van der Waals surface area contributed by atoms with E-state index >= 15 is 0 Å². The molecule has 0 bridgehead atoms. The third kappa shape index (κ3) is 3.35. The van der Waals surface area contributed by atoms with Gasteiger partial charge in [-0.2, -0.15) is 10.2 Å². The molecule has 0 aliphatic rings. The number of hydrogen-bond donors (Lipinski definition) is 0. The summed E-state index contributed by atoms with van der Waals surface area (Å²) in [5.41, 5.74) is 8.19. The van der Waals surface area contributed by atoms with Crippen LogP contribution in [0, 0.1) is 34.6 Å². The number of hydrogen-bond acceptors (Lipinski definition) is 3. The average molecular weight is 363 g/mol. The van der Waals surface area contributed by atoms with Crippen molar-refractivity contribution >= 4 is 12.4 Å². The topological polar surface area (TPSA) is 53.5 Å². The van der Waals surface area contributed by atoms with Crippen molar-refractivity contribution in [2.45, 2.75) is 61.2 Å². The summed E-state index contributed by atoms with van der Waals surface area (Å²) in [7, 11) is 0. The van der Waals surface area contributed by atoms with E-state index in [1.807, 2.05) is 17.2 Å². The normalized spacial score (nSPS) is 11.0. The van der Waals surface area contributed by atoms with Crippen LogP contribution in [-0.4, -0.2) is 29.1 Å². The van der Waals surface area contributed by atoms with Gasteiger partial charge in [0.15, 0.2) is 0 Å². The van der Waals surface area contributed by atoms with Gasteiger partial charge >= 0.3 is 0 Å². The van der Waals surface area contributed by atoms with E-state index in [2.05, 4.69) is 66.0 Å². The van der Waals surface area contributed by atoms with Crippen LogP contribution in [0.25, 0.3) is 11.3 Å². The lowest BCUT2D eigenvalue weighted by Crippen LogP contribution is -2.10. The molecular formula is C18H27ClN6. The highest BCUT2D eigenvalue weighted by Gasteiger charge is 2.16. The second-order valence-corrected chi connectivity index (χ2v) is 6.35. The summed E-state index contributed by atoms with van der Waals surface area (Å²) >= 11 is 0. The molecule has 0 N–H and O–H groups in total. The molecule has 0 atom stereocenters. The zero-order chi connectivity index (χ0) is 17.4. The zero-order valence-corrected chi connectivity index (χ0v) is 16.7. The number of nitrogens with zero attached hydrogens (tertiary/aromatic N) is 6. The predicted octanol–water partition coefficient (Wildman–Crippen LogP) is 3.63. The van der Waals surface area contributed by atoms with Crippen molar-refractivity contribution in [2.75, 3.05) is 0 Å². The Kier molecular flexibility index (Phi) is 5.72. The summed E-state index contributed by atoms with van der Waals surface area (Å²) in [4.78, 5) is 4.37. The summed E-state index contributed by atoms with van der Waals surface area (Å²) in [5.74, 6) is 0. The van der Waals surface area contributed by atoms with Crippen LogP contribution in [0.15, 0.2) is 12.5 Å². The third-order valence-electron chi connectivity index (χ3n) is 4.95. The van der Waals surface area contributed by atoms with Crippen molar-refractivity contribution in [3.63, 3.8) is 0 Å². The van der Waals surface area contributed by atoms with Crippen LogP contribution < -0.4 is 0 Å². The van der Waals surface area contributed by atoms with E-state index in [4.69, 9.17) is 0 Å². The maximum Gasteiger partial charge on any atom is 0.0951 e. The van der Waals surface area contributed by atoms with Gasteiger partial charge in [0.25, 0.3) is 0 Å². The Hall–Kier alpha value is -2.08. The second kappa shape index (κ2) is 7.44. The van der Waals surface area contributed by atoms with E-state index in [9.17, 15) is 0 Å². The molecule has 0 fully saturated rings. The Morgan fingerprint density at radius 3 is 2.12 bits per heavy atom. The van der Waals surface area contributed by atoms with Gasteiger partial charge in [0.05, 0.1) is 36.2 Å². The number of rotatable bonds is 5. The lowest BCUT2D eigenvalue weighted by Gasteiger charge is -2.10. The Bertz CT molecular complexity index is 871. The largest absolute Gasteiger partial charge is 0.329 e. The van der Waals surface area contributed by atoms with Gasteiger partial charge in [-0.15, -0.1) is 12.4 Å². The molecule has 0 spiro atoms. The molecule has 0 amide bonds. The minimum absolute atomic E-state index is 0. The molecule has 0 saturated heterocycles. The molecule has 25 heavy (non-hydrogen) atoms. The van der Waals surface area contributed by atoms with Gasteiger partial charge in [-0.1, -0.05) is 0 Å². The highest BCUT2D eigenvalue weighted by Crippen LogP contribution is 2.26. The summed E-state index contributed by atoms with van der Waals surface area (Å²) in [6.45, 7) is 15.2. The first-order chi connectivity index (χ1) is 11.4. The predicted molar refractivity (Wildman–Crippen MR) is 102 cm³/mol. The van der Waals surface area contributed by atoms with Gasteiger partial charge < -0.3 is 4.57 Å². The standard InChI is InChI=1S/C18H26N6.ClH/c1-7-23-16(6)18(14(4)21-23)17-10-19-11-22(17)8-9-24-15(5)12(2)13(3)20-24;/h10-11H,7-9H2,1-6H3;1H. The van der Waals surface area contributed by atoms with Crippen LogP contribution >= 0.6 is 12.4 Å². The van der Waals surface area contributed by atoms with E-state index in [-0.39, 0.29) is 12.4 Å². The maximum atomic E-state index is 4.63. The fourth-order valence-corrected chi connectivity index (χ4v) is 3.29. The lowest BCUT2D eigenvalue weighted by atomic mass is 10.1. The number of imidazole rings is 1. The minimum Gasteiger partial charge on any atom is -0.329 e. The van der Waals surface area contributed by atoms with Crippen LogP contribution in [-0.2, 0) is 19.6 Å². The fraction of sp³-hybridized carbons (Fsp3) is 0.500. The molecule has 3 heterocycles. The summed E-state index contributed by atoms with van der Waals surface area (Å²) in [6, 6.07) is 0. The molecule has 0 aromatic carbocycles. The van der Waals surface area contributed by atoms with Crippen LogP contribution in [0.1, 0.15) is 35.3 Å².